The predicted octanol–water partition coefficient (Wildman–Crippen LogP) is 4.92. The number of pyridine rings is 1. The number of anilines is 1. The van der Waals surface area contributed by atoms with Gasteiger partial charge >= 0.3 is 0 Å². The molecule has 0 spiro atoms. The lowest BCUT2D eigenvalue weighted by molar-refractivity contribution is -0.118. The maximum atomic E-state index is 12.7. The molecule has 6 heteroatoms. The first-order valence-electron chi connectivity index (χ1n) is 9.00. The molecular weight excluding hydrogens is 374 g/mol. The molecule has 142 valence electrons. The molecule has 0 unspecified atom stereocenters. The average molecular weight is 394 g/mol. The Bertz CT molecular complexity index is 1060. The summed E-state index contributed by atoms with van der Waals surface area (Å²) in [4.78, 5) is 17.1. The fourth-order valence-electron chi connectivity index (χ4n) is 2.93. The van der Waals surface area contributed by atoms with E-state index in [1.807, 2.05) is 44.2 Å². The molecule has 0 saturated carbocycles. The van der Waals surface area contributed by atoms with Gasteiger partial charge in [-0.2, -0.15) is 5.26 Å². The molecule has 5 nitrogen and oxygen atoms in total. The van der Waals surface area contributed by atoms with E-state index in [0.717, 1.165) is 16.5 Å². The number of halogens is 1. The van der Waals surface area contributed by atoms with E-state index in [2.05, 4.69) is 16.4 Å². The van der Waals surface area contributed by atoms with Crippen molar-refractivity contribution < 1.29 is 9.53 Å². The fraction of sp³-hybridized carbons (Fsp3) is 0.227. The highest BCUT2D eigenvalue weighted by atomic mass is 35.5. The highest BCUT2D eigenvalue weighted by Gasteiger charge is 2.22. The number of para-hydroxylation sites is 2. The summed E-state index contributed by atoms with van der Waals surface area (Å²) in [6.07, 6.45) is 0.175. The number of nitrogens with zero attached hydrogens (tertiary/aromatic N) is 2. The van der Waals surface area contributed by atoms with Gasteiger partial charge in [0.2, 0.25) is 5.91 Å². The van der Waals surface area contributed by atoms with Gasteiger partial charge in [0.1, 0.15) is 16.8 Å². The Kier molecular flexibility index (Phi) is 6.13. The van der Waals surface area contributed by atoms with Crippen LogP contribution in [0.1, 0.15) is 18.1 Å². The first-order chi connectivity index (χ1) is 13.5. The smallest absolute Gasteiger partial charge is 0.242 e. The van der Waals surface area contributed by atoms with Crippen molar-refractivity contribution in [3.8, 4) is 11.8 Å². The van der Waals surface area contributed by atoms with Crippen molar-refractivity contribution in [3.05, 3.63) is 64.8 Å². The lowest BCUT2D eigenvalue weighted by atomic mass is 9.99. The van der Waals surface area contributed by atoms with Crippen molar-refractivity contribution in [3.63, 3.8) is 0 Å². The summed E-state index contributed by atoms with van der Waals surface area (Å²) in [6.45, 7) is 4.33. The second-order valence-corrected chi connectivity index (χ2v) is 6.80. The number of hydrogen-bond acceptors (Lipinski definition) is 4. The molecule has 0 aliphatic heterocycles. The van der Waals surface area contributed by atoms with E-state index >= 15 is 0 Å². The largest absolute Gasteiger partial charge is 0.492 e. The molecular formula is C22H20ClN3O2. The van der Waals surface area contributed by atoms with E-state index in [-0.39, 0.29) is 6.42 Å². The van der Waals surface area contributed by atoms with Crippen LogP contribution in [-0.4, -0.2) is 17.5 Å². The van der Waals surface area contributed by atoms with Crippen LogP contribution in [0.5, 0.6) is 5.75 Å². The highest BCUT2D eigenvalue weighted by Crippen LogP contribution is 2.26. The maximum Gasteiger partial charge on any atom is 0.242 e. The van der Waals surface area contributed by atoms with Gasteiger partial charge in [-0.15, -0.1) is 0 Å². The Morgan fingerprint density at radius 2 is 2.07 bits per heavy atom. The zero-order chi connectivity index (χ0) is 20.1. The maximum absolute atomic E-state index is 12.7. The average Bonchev–Trinajstić information content (AvgIpc) is 2.68. The van der Waals surface area contributed by atoms with Gasteiger partial charge in [0.05, 0.1) is 23.9 Å². The number of ether oxygens (including phenoxy) is 1. The molecule has 1 aromatic heterocycles. The third kappa shape index (κ3) is 4.41. The van der Waals surface area contributed by atoms with E-state index < -0.39 is 11.8 Å². The standard InChI is InChI=1S/C22H20ClN3O2/c1-3-28-20-7-5-4-6-18(20)26-22(27)17(13-24)12-16-11-15-9-8-14(2)10-19(15)25-21(16)23/h4-11,17H,3,12H2,1-2H3,(H,26,27)/t17-/m1/s1. The van der Waals surface area contributed by atoms with Crippen LogP contribution < -0.4 is 10.1 Å². The molecule has 1 N–H and O–H groups in total. The van der Waals surface area contributed by atoms with Gasteiger partial charge in [-0.3, -0.25) is 4.79 Å². The van der Waals surface area contributed by atoms with E-state index in [0.29, 0.717) is 28.8 Å². The Morgan fingerprint density at radius 3 is 2.82 bits per heavy atom. The molecule has 28 heavy (non-hydrogen) atoms. The number of carbonyl (C=O) groups is 1. The number of amides is 1. The molecule has 0 bridgehead atoms. The van der Waals surface area contributed by atoms with E-state index in [4.69, 9.17) is 16.3 Å². The predicted molar refractivity (Wildman–Crippen MR) is 111 cm³/mol. The van der Waals surface area contributed by atoms with Crippen LogP contribution in [0.25, 0.3) is 10.9 Å². The summed E-state index contributed by atoms with van der Waals surface area (Å²) in [5, 5.41) is 13.6. The molecule has 3 aromatic rings. The van der Waals surface area contributed by atoms with E-state index in [1.54, 1.807) is 18.2 Å². The lowest BCUT2D eigenvalue weighted by Crippen LogP contribution is -2.24. The molecule has 0 aliphatic carbocycles. The zero-order valence-corrected chi connectivity index (χ0v) is 16.5. The molecule has 0 aliphatic rings. The van der Waals surface area contributed by atoms with Crippen molar-refractivity contribution >= 4 is 34.1 Å². The van der Waals surface area contributed by atoms with Gasteiger partial charge in [-0.05, 0) is 49.2 Å². The third-order valence-corrected chi connectivity index (χ3v) is 4.67. The van der Waals surface area contributed by atoms with Crippen molar-refractivity contribution in [2.45, 2.75) is 20.3 Å². The van der Waals surface area contributed by atoms with E-state index in [1.165, 1.54) is 0 Å². The van der Waals surface area contributed by atoms with E-state index in [9.17, 15) is 10.1 Å². The van der Waals surface area contributed by atoms with Crippen molar-refractivity contribution in [1.29, 1.82) is 5.26 Å². The molecule has 0 radical (unpaired) electrons. The minimum atomic E-state index is -0.906. The molecule has 1 atom stereocenters. The first-order valence-corrected chi connectivity index (χ1v) is 9.37. The lowest BCUT2D eigenvalue weighted by Gasteiger charge is -2.14. The number of aromatic nitrogens is 1. The Labute approximate surface area is 168 Å². The normalized spacial score (nSPS) is 11.6. The summed E-state index contributed by atoms with van der Waals surface area (Å²) >= 11 is 6.32. The van der Waals surface area contributed by atoms with Gasteiger partial charge in [-0.25, -0.2) is 4.98 Å². The first kappa shape index (κ1) is 19.7. The number of aryl methyl sites for hydroxylation is 1. The van der Waals surface area contributed by atoms with Crippen LogP contribution in [0.4, 0.5) is 5.69 Å². The third-order valence-electron chi connectivity index (χ3n) is 4.34. The number of benzene rings is 2. The van der Waals surface area contributed by atoms with Crippen molar-refractivity contribution in [2.75, 3.05) is 11.9 Å². The number of nitriles is 1. The number of hydrogen-bond donors (Lipinski definition) is 1. The summed E-state index contributed by atoms with van der Waals surface area (Å²) in [5.41, 5.74) is 3.08. The minimum Gasteiger partial charge on any atom is -0.492 e. The van der Waals surface area contributed by atoms with Gasteiger partial charge in [0.25, 0.3) is 0 Å². The summed E-state index contributed by atoms with van der Waals surface area (Å²) in [7, 11) is 0. The molecule has 1 heterocycles. The molecule has 3 rings (SSSR count). The quantitative estimate of drug-likeness (QED) is 0.603. The van der Waals surface area contributed by atoms with Gasteiger partial charge in [0.15, 0.2) is 0 Å². The molecule has 1 amide bonds. The van der Waals surface area contributed by atoms with Crippen LogP contribution in [0.15, 0.2) is 48.5 Å². The number of fused-ring (bicyclic) bond motifs is 1. The summed E-state index contributed by atoms with van der Waals surface area (Å²) < 4.78 is 5.52. The Balaban J connectivity index is 1.82. The molecule has 0 saturated heterocycles. The highest BCUT2D eigenvalue weighted by molar-refractivity contribution is 6.30. The Hall–Kier alpha value is -3.10. The summed E-state index contributed by atoms with van der Waals surface area (Å²) in [5.74, 6) is -0.748. The second kappa shape index (κ2) is 8.73. The van der Waals surface area contributed by atoms with Crippen LogP contribution >= 0.6 is 11.6 Å². The van der Waals surface area contributed by atoms with Crippen LogP contribution in [-0.2, 0) is 11.2 Å². The number of carbonyl (C=O) groups excluding carboxylic acids is 1. The Morgan fingerprint density at radius 1 is 1.29 bits per heavy atom. The number of nitrogens with one attached hydrogen (secondary N) is 1. The number of rotatable bonds is 6. The topological polar surface area (TPSA) is 75.0 Å². The van der Waals surface area contributed by atoms with Crippen molar-refractivity contribution in [2.24, 2.45) is 5.92 Å². The van der Waals surface area contributed by atoms with Gasteiger partial charge < -0.3 is 10.1 Å². The van der Waals surface area contributed by atoms with Crippen LogP contribution in [0.2, 0.25) is 5.15 Å². The van der Waals surface area contributed by atoms with Crippen LogP contribution in [0.3, 0.4) is 0 Å². The second-order valence-electron chi connectivity index (χ2n) is 6.44. The minimum absolute atomic E-state index is 0.175. The zero-order valence-electron chi connectivity index (χ0n) is 15.7. The van der Waals surface area contributed by atoms with Crippen LogP contribution in [0, 0.1) is 24.2 Å². The fourth-order valence-corrected chi connectivity index (χ4v) is 3.15. The van der Waals surface area contributed by atoms with Gasteiger partial charge in [0, 0.05) is 11.8 Å². The van der Waals surface area contributed by atoms with Crippen molar-refractivity contribution in [1.82, 2.24) is 4.98 Å². The molecule has 0 fully saturated rings. The molecule has 2 aromatic carbocycles. The monoisotopic (exact) mass is 393 g/mol. The SMILES string of the molecule is CCOc1ccccc1NC(=O)[C@@H](C#N)Cc1cc2ccc(C)cc2nc1Cl. The summed E-state index contributed by atoms with van der Waals surface area (Å²) in [6, 6.07) is 17.0. The van der Waals surface area contributed by atoms with Gasteiger partial charge in [-0.1, -0.05) is 35.9 Å².